The molecule has 2 unspecified atom stereocenters. The molecule has 0 aliphatic rings. The van der Waals surface area contributed by atoms with Crippen molar-refractivity contribution in [2.75, 3.05) is 39.6 Å². The smallest absolute Gasteiger partial charge is 0.462 e. The fraction of sp³-hybridized carbons (Fsp3) is 0.943. The van der Waals surface area contributed by atoms with Crippen LogP contribution in [0.3, 0.4) is 0 Å². The Kier molecular flexibility index (Phi) is 62.1. The lowest BCUT2D eigenvalue weighted by Crippen LogP contribution is -2.30. The van der Waals surface area contributed by atoms with Crippen molar-refractivity contribution < 1.29 is 80.2 Å². The zero-order chi connectivity index (χ0) is 65.6. The molecule has 0 radical (unpaired) electrons. The van der Waals surface area contributed by atoms with E-state index in [0.29, 0.717) is 25.7 Å². The number of carbonyl (C=O) groups excluding carboxylic acids is 4. The van der Waals surface area contributed by atoms with Gasteiger partial charge in [-0.25, -0.2) is 9.13 Å². The number of aliphatic hydroxyl groups excluding tert-OH is 1. The predicted octanol–water partition coefficient (Wildman–Crippen LogP) is 20.1. The molecule has 19 heteroatoms. The summed E-state index contributed by atoms with van der Waals surface area (Å²) < 4.78 is 68.2. The van der Waals surface area contributed by atoms with Crippen LogP contribution in [0.2, 0.25) is 0 Å². The van der Waals surface area contributed by atoms with E-state index in [9.17, 15) is 43.2 Å². The average molecular weight is 1310 g/mol. The minimum Gasteiger partial charge on any atom is -0.462 e. The average Bonchev–Trinajstić information content (AvgIpc) is 3.65. The molecule has 0 aromatic heterocycles. The molecule has 0 aromatic carbocycles. The van der Waals surface area contributed by atoms with Crippen LogP contribution in [0.1, 0.15) is 362 Å². The van der Waals surface area contributed by atoms with Gasteiger partial charge in [-0.15, -0.1) is 0 Å². The van der Waals surface area contributed by atoms with Crippen LogP contribution in [0.4, 0.5) is 0 Å². The maximum Gasteiger partial charge on any atom is 0.472 e. The van der Waals surface area contributed by atoms with Crippen molar-refractivity contribution in [2.24, 2.45) is 5.92 Å². The third-order valence-electron chi connectivity index (χ3n) is 16.3. The first-order chi connectivity index (χ1) is 43.0. The second-order valence-corrected chi connectivity index (χ2v) is 28.7. The number of ether oxygens (including phenoxy) is 4. The Labute approximate surface area is 543 Å². The molecule has 0 aromatic rings. The third-order valence-corrected chi connectivity index (χ3v) is 18.2. The number of hydrogen-bond donors (Lipinski definition) is 3. The highest BCUT2D eigenvalue weighted by molar-refractivity contribution is 7.47. The van der Waals surface area contributed by atoms with E-state index in [-0.39, 0.29) is 25.7 Å². The monoisotopic (exact) mass is 1310 g/mol. The number of hydrogen-bond acceptors (Lipinski definition) is 15. The second kappa shape index (κ2) is 63.5. The summed E-state index contributed by atoms with van der Waals surface area (Å²) in [6.45, 7) is 7.23. The third kappa shape index (κ3) is 64.6. The molecular weight excluding hydrogens is 1170 g/mol. The molecule has 3 N–H and O–H groups in total. The molecule has 17 nitrogen and oxygen atoms in total. The topological polar surface area (TPSA) is 237 Å². The number of aliphatic hydroxyl groups is 1. The summed E-state index contributed by atoms with van der Waals surface area (Å²) in [4.78, 5) is 72.4. The van der Waals surface area contributed by atoms with Crippen molar-refractivity contribution in [1.82, 2.24) is 0 Å². The number of phosphoric acid groups is 2. The summed E-state index contributed by atoms with van der Waals surface area (Å²) in [6, 6.07) is 0. The first-order valence-corrected chi connectivity index (χ1v) is 39.6. The first-order valence-electron chi connectivity index (χ1n) is 36.6. The van der Waals surface area contributed by atoms with Crippen molar-refractivity contribution in [2.45, 2.75) is 380 Å². The number of carbonyl (C=O) groups is 4. The maximum absolute atomic E-state index is 13.0. The van der Waals surface area contributed by atoms with Crippen molar-refractivity contribution >= 4 is 39.5 Å². The van der Waals surface area contributed by atoms with Gasteiger partial charge in [-0.2, -0.15) is 0 Å². The van der Waals surface area contributed by atoms with Crippen LogP contribution in [0.15, 0.2) is 0 Å². The quantitative estimate of drug-likeness (QED) is 0.0222. The minimum atomic E-state index is -4.95. The Morgan fingerprint density at radius 3 is 0.764 bits per heavy atom. The van der Waals surface area contributed by atoms with Crippen molar-refractivity contribution in [1.29, 1.82) is 0 Å². The van der Waals surface area contributed by atoms with E-state index in [1.807, 2.05) is 0 Å². The molecule has 0 saturated heterocycles. The SMILES string of the molecule is CCCCCCCCCCCCCCCCC(=O)OC[C@H](COP(=O)(O)OC[C@@H](O)COP(=O)(O)OC[C@@H](COC(=O)CCCCCCCCC)OC(=O)CCCCCCCCCCCCCC)OC(=O)CCCCCCCCCCCCCCCC(C)C. The van der Waals surface area contributed by atoms with Crippen molar-refractivity contribution in [3.63, 3.8) is 0 Å². The highest BCUT2D eigenvalue weighted by Gasteiger charge is 2.30. The molecule has 0 fully saturated rings. The van der Waals surface area contributed by atoms with Gasteiger partial charge in [0.1, 0.15) is 19.3 Å². The molecule has 0 saturated carbocycles. The molecular formula is C70H136O17P2. The summed E-state index contributed by atoms with van der Waals surface area (Å²) in [5.41, 5.74) is 0. The van der Waals surface area contributed by atoms with Gasteiger partial charge in [0.25, 0.3) is 0 Å². The van der Waals surface area contributed by atoms with E-state index < -0.39 is 97.5 Å². The highest BCUT2D eigenvalue weighted by Crippen LogP contribution is 2.45. The zero-order valence-corrected chi connectivity index (χ0v) is 59.4. The van der Waals surface area contributed by atoms with Crippen LogP contribution in [0.5, 0.6) is 0 Å². The Hall–Kier alpha value is -1.94. The van der Waals surface area contributed by atoms with Crippen LogP contribution in [0.25, 0.3) is 0 Å². The lowest BCUT2D eigenvalue weighted by Gasteiger charge is -2.21. The Morgan fingerprint density at radius 2 is 0.517 bits per heavy atom. The van der Waals surface area contributed by atoms with Crippen LogP contribution < -0.4 is 0 Å². The van der Waals surface area contributed by atoms with Gasteiger partial charge < -0.3 is 33.8 Å². The van der Waals surface area contributed by atoms with Crippen LogP contribution >= 0.6 is 15.6 Å². The van der Waals surface area contributed by atoms with Crippen LogP contribution in [-0.2, 0) is 65.4 Å². The Morgan fingerprint density at radius 1 is 0.303 bits per heavy atom. The van der Waals surface area contributed by atoms with Gasteiger partial charge in [-0.05, 0) is 31.6 Å². The van der Waals surface area contributed by atoms with Gasteiger partial charge in [-0.3, -0.25) is 37.3 Å². The molecule has 0 aliphatic carbocycles. The number of phosphoric ester groups is 2. The molecule has 0 heterocycles. The molecule has 5 atom stereocenters. The Balaban J connectivity index is 5.21. The van der Waals surface area contributed by atoms with E-state index in [2.05, 4.69) is 34.6 Å². The summed E-state index contributed by atoms with van der Waals surface area (Å²) in [5, 5.41) is 10.6. The van der Waals surface area contributed by atoms with E-state index >= 15 is 0 Å². The lowest BCUT2D eigenvalue weighted by atomic mass is 10.0. The fourth-order valence-electron chi connectivity index (χ4n) is 10.6. The number of rotatable bonds is 70. The van der Waals surface area contributed by atoms with Gasteiger partial charge in [0.05, 0.1) is 26.4 Å². The van der Waals surface area contributed by atoms with E-state index in [4.69, 9.17) is 37.0 Å². The summed E-state index contributed by atoms with van der Waals surface area (Å²) >= 11 is 0. The molecule has 0 rings (SSSR count). The zero-order valence-electron chi connectivity index (χ0n) is 57.6. The number of esters is 4. The largest absolute Gasteiger partial charge is 0.472 e. The van der Waals surface area contributed by atoms with Gasteiger partial charge in [-0.1, -0.05) is 311 Å². The van der Waals surface area contributed by atoms with Crippen molar-refractivity contribution in [3.8, 4) is 0 Å². The van der Waals surface area contributed by atoms with Crippen LogP contribution in [0, 0.1) is 5.92 Å². The molecule has 528 valence electrons. The summed E-state index contributed by atoms with van der Waals surface area (Å²) in [6.07, 6.45) is 49.9. The molecule has 0 amide bonds. The molecule has 89 heavy (non-hydrogen) atoms. The van der Waals surface area contributed by atoms with Gasteiger partial charge in [0.15, 0.2) is 12.2 Å². The van der Waals surface area contributed by atoms with Gasteiger partial charge in [0.2, 0.25) is 0 Å². The highest BCUT2D eigenvalue weighted by atomic mass is 31.2. The van der Waals surface area contributed by atoms with Gasteiger partial charge >= 0.3 is 39.5 Å². The molecule has 0 bridgehead atoms. The predicted molar refractivity (Wildman–Crippen MR) is 358 cm³/mol. The fourth-order valence-corrected chi connectivity index (χ4v) is 12.2. The summed E-state index contributed by atoms with van der Waals surface area (Å²) in [5.74, 6) is -1.34. The van der Waals surface area contributed by atoms with E-state index in [1.165, 1.54) is 173 Å². The lowest BCUT2D eigenvalue weighted by molar-refractivity contribution is -0.161. The number of unbranched alkanes of at least 4 members (excludes halogenated alkanes) is 42. The van der Waals surface area contributed by atoms with Gasteiger partial charge in [0, 0.05) is 25.7 Å². The first kappa shape index (κ1) is 87.1. The van der Waals surface area contributed by atoms with E-state index in [0.717, 1.165) is 109 Å². The maximum atomic E-state index is 13.0. The van der Waals surface area contributed by atoms with Crippen molar-refractivity contribution in [3.05, 3.63) is 0 Å². The second-order valence-electron chi connectivity index (χ2n) is 25.7. The molecule has 0 aliphatic heterocycles. The normalized spacial score (nSPS) is 14.1. The summed E-state index contributed by atoms with van der Waals surface area (Å²) in [7, 11) is -9.89. The van der Waals surface area contributed by atoms with Crippen LogP contribution in [-0.4, -0.2) is 96.7 Å². The molecule has 0 spiro atoms. The standard InChI is InChI=1S/C70H136O17P2/c1-6-9-12-15-18-20-22-24-27-31-34-39-44-49-54-68(73)81-60-66(87-70(75)56-51-46-41-36-32-28-25-26-29-33-38-42-47-52-63(4)5)62-85-89(78,79)83-58-64(71)57-82-88(76,77)84-61-65(59-80-67(72)53-48-43-37-17-14-11-8-3)86-69(74)55-50-45-40-35-30-23-21-19-16-13-10-7-2/h63-66,71H,6-62H2,1-5H3,(H,76,77)(H,78,79)/t64-,65+,66+/m0/s1. The minimum absolute atomic E-state index is 0.107. The van der Waals surface area contributed by atoms with E-state index in [1.54, 1.807) is 0 Å². The Bertz CT molecular complexity index is 1720.